The molecule has 0 aromatic rings. The number of hydrogen-bond acceptors (Lipinski definition) is 0. The van der Waals surface area contributed by atoms with Gasteiger partial charge in [0.25, 0.3) is 0 Å². The van der Waals surface area contributed by atoms with Gasteiger partial charge in [-0.2, -0.15) is 0 Å². The van der Waals surface area contributed by atoms with Gasteiger partial charge in [0.15, 0.2) is 0 Å². The molecule has 2 aliphatic carbocycles. The van der Waals surface area contributed by atoms with Crippen molar-refractivity contribution in [2.24, 2.45) is 17.8 Å². The maximum atomic E-state index is 2.54. The number of hydrogen-bond donors (Lipinski definition) is 0. The summed E-state index contributed by atoms with van der Waals surface area (Å²) < 4.78 is 0. The summed E-state index contributed by atoms with van der Waals surface area (Å²) in [7, 11) is 0. The fourth-order valence-corrected chi connectivity index (χ4v) is 3.13. The van der Waals surface area contributed by atoms with Crippen LogP contribution in [-0.2, 0) is 0 Å². The van der Waals surface area contributed by atoms with Crippen LogP contribution in [0.25, 0.3) is 0 Å². The topological polar surface area (TPSA) is 0 Å². The zero-order chi connectivity index (χ0) is 11.0. The fourth-order valence-electron chi connectivity index (χ4n) is 3.13. The first-order chi connectivity index (χ1) is 7.09. The third-order valence-corrected chi connectivity index (χ3v) is 4.38. The summed E-state index contributed by atoms with van der Waals surface area (Å²) in [5.41, 5.74) is 5.04. The molecule has 0 amide bonds. The van der Waals surface area contributed by atoms with E-state index in [0.29, 0.717) is 0 Å². The average molecular weight is 204 g/mol. The molecule has 0 aromatic heterocycles. The largest absolute Gasteiger partial charge is 0.0698 e. The van der Waals surface area contributed by atoms with Gasteiger partial charge >= 0.3 is 0 Å². The summed E-state index contributed by atoms with van der Waals surface area (Å²) >= 11 is 0. The van der Waals surface area contributed by atoms with Crippen LogP contribution in [0.4, 0.5) is 0 Å². The third-order valence-electron chi connectivity index (χ3n) is 4.38. The first kappa shape index (κ1) is 11.0. The van der Waals surface area contributed by atoms with Crippen LogP contribution < -0.4 is 0 Å². The predicted molar refractivity (Wildman–Crippen MR) is 66.7 cm³/mol. The van der Waals surface area contributed by atoms with Gasteiger partial charge in [0, 0.05) is 0 Å². The zero-order valence-electron chi connectivity index (χ0n) is 10.6. The van der Waals surface area contributed by atoms with Crippen molar-refractivity contribution in [3.63, 3.8) is 0 Å². The quantitative estimate of drug-likeness (QED) is 0.579. The molecule has 0 bridgehead atoms. The molecule has 0 heterocycles. The van der Waals surface area contributed by atoms with Crippen LogP contribution in [0.5, 0.6) is 0 Å². The summed E-state index contributed by atoms with van der Waals surface area (Å²) in [6.07, 6.45) is 8.01. The Balaban J connectivity index is 2.33. The Bertz CT molecular complexity index is 304. The Morgan fingerprint density at radius 2 is 1.93 bits per heavy atom. The predicted octanol–water partition coefficient (Wildman–Crippen LogP) is 4.73. The second-order valence-electron chi connectivity index (χ2n) is 5.77. The summed E-state index contributed by atoms with van der Waals surface area (Å²) in [5, 5.41) is 0. The minimum atomic E-state index is 0.733. The number of rotatable bonds is 1. The Hall–Kier alpha value is -0.520. The zero-order valence-corrected chi connectivity index (χ0v) is 10.6. The van der Waals surface area contributed by atoms with Crippen molar-refractivity contribution in [1.29, 1.82) is 0 Å². The lowest BCUT2D eigenvalue weighted by molar-refractivity contribution is 0.390. The van der Waals surface area contributed by atoms with Gasteiger partial charge in [0.05, 0.1) is 0 Å². The second-order valence-corrected chi connectivity index (χ2v) is 5.77. The van der Waals surface area contributed by atoms with Crippen molar-refractivity contribution in [3.05, 3.63) is 22.8 Å². The van der Waals surface area contributed by atoms with Gasteiger partial charge in [0.2, 0.25) is 0 Å². The van der Waals surface area contributed by atoms with Crippen molar-refractivity contribution in [3.8, 4) is 0 Å². The Labute approximate surface area is 94.5 Å². The van der Waals surface area contributed by atoms with Crippen LogP contribution in [0, 0.1) is 17.8 Å². The van der Waals surface area contributed by atoms with E-state index in [0.717, 1.165) is 17.8 Å². The van der Waals surface area contributed by atoms with E-state index >= 15 is 0 Å². The summed E-state index contributed by atoms with van der Waals surface area (Å²) in [5.74, 6) is 2.50. The van der Waals surface area contributed by atoms with Crippen LogP contribution in [-0.4, -0.2) is 0 Å². The summed E-state index contributed by atoms with van der Waals surface area (Å²) in [4.78, 5) is 0. The molecule has 2 rings (SSSR count). The van der Waals surface area contributed by atoms with Crippen LogP contribution >= 0.6 is 0 Å². The Morgan fingerprint density at radius 1 is 1.20 bits per heavy atom. The second kappa shape index (κ2) is 4.15. The van der Waals surface area contributed by atoms with Crippen molar-refractivity contribution in [2.75, 3.05) is 0 Å². The highest BCUT2D eigenvalue weighted by molar-refractivity contribution is 5.36. The van der Waals surface area contributed by atoms with Crippen molar-refractivity contribution in [1.82, 2.24) is 0 Å². The van der Waals surface area contributed by atoms with E-state index in [4.69, 9.17) is 0 Å². The molecule has 2 aliphatic rings. The molecular weight excluding hydrogens is 180 g/mol. The average Bonchev–Trinajstić information content (AvgIpc) is 2.43. The molecule has 84 valence electrons. The fraction of sp³-hybridized carbons (Fsp3) is 0.733. The first-order valence-electron chi connectivity index (χ1n) is 6.49. The van der Waals surface area contributed by atoms with Crippen molar-refractivity contribution < 1.29 is 0 Å². The van der Waals surface area contributed by atoms with E-state index in [1.807, 2.05) is 0 Å². The molecule has 0 aliphatic heterocycles. The monoisotopic (exact) mass is 204 g/mol. The van der Waals surface area contributed by atoms with Crippen LogP contribution in [0.15, 0.2) is 22.8 Å². The molecule has 0 saturated carbocycles. The van der Waals surface area contributed by atoms with E-state index in [1.165, 1.54) is 25.7 Å². The third kappa shape index (κ3) is 2.04. The van der Waals surface area contributed by atoms with Gasteiger partial charge in [0.1, 0.15) is 0 Å². The van der Waals surface area contributed by atoms with Gasteiger partial charge < -0.3 is 0 Å². The highest BCUT2D eigenvalue weighted by atomic mass is 14.3. The van der Waals surface area contributed by atoms with Gasteiger partial charge in [-0.05, 0) is 55.9 Å². The maximum Gasteiger partial charge on any atom is -0.0134 e. The van der Waals surface area contributed by atoms with Crippen LogP contribution in [0.3, 0.4) is 0 Å². The lowest BCUT2D eigenvalue weighted by Gasteiger charge is -2.18. The molecule has 2 unspecified atom stereocenters. The normalized spacial score (nSPS) is 31.7. The highest BCUT2D eigenvalue weighted by Gasteiger charge is 2.29. The van der Waals surface area contributed by atoms with Gasteiger partial charge in [-0.1, -0.05) is 38.0 Å². The highest BCUT2D eigenvalue weighted by Crippen LogP contribution is 2.43. The molecule has 0 saturated heterocycles. The molecule has 0 radical (unpaired) electrons. The molecule has 0 N–H and O–H groups in total. The minimum Gasteiger partial charge on any atom is -0.0698 e. The lowest BCUT2D eigenvalue weighted by atomic mass is 9.87. The Morgan fingerprint density at radius 3 is 2.60 bits per heavy atom. The molecule has 0 fully saturated rings. The van der Waals surface area contributed by atoms with Crippen molar-refractivity contribution >= 4 is 0 Å². The molecule has 2 atom stereocenters. The number of fused-ring (bicyclic) bond motifs is 1. The lowest BCUT2D eigenvalue weighted by Crippen LogP contribution is -2.08. The van der Waals surface area contributed by atoms with Gasteiger partial charge in [-0.3, -0.25) is 0 Å². The Kier molecular flexibility index (Phi) is 3.04. The molecule has 0 aromatic carbocycles. The smallest absolute Gasteiger partial charge is 0.0134 e. The summed E-state index contributed by atoms with van der Waals surface area (Å²) in [6.45, 7) is 9.45. The standard InChI is InChI=1S/C15H24/c1-10(2)13-7-5-11(3)14-8-6-12(4)15(14)9-13/h9-11,14H,5-8H2,1-4H3. The van der Waals surface area contributed by atoms with E-state index in [1.54, 1.807) is 16.7 Å². The first-order valence-corrected chi connectivity index (χ1v) is 6.49. The van der Waals surface area contributed by atoms with Gasteiger partial charge in [-0.25, -0.2) is 0 Å². The SMILES string of the molecule is CC1=C2C=C(C(C)C)CCC(C)C2CC1. The molecule has 15 heavy (non-hydrogen) atoms. The van der Waals surface area contributed by atoms with Crippen LogP contribution in [0.2, 0.25) is 0 Å². The number of allylic oxidation sites excluding steroid dienone is 4. The molecular formula is C15H24. The van der Waals surface area contributed by atoms with E-state index in [-0.39, 0.29) is 0 Å². The van der Waals surface area contributed by atoms with E-state index in [9.17, 15) is 0 Å². The van der Waals surface area contributed by atoms with E-state index in [2.05, 4.69) is 33.8 Å². The molecule has 0 nitrogen and oxygen atoms in total. The van der Waals surface area contributed by atoms with E-state index < -0.39 is 0 Å². The molecule has 0 heteroatoms. The summed E-state index contributed by atoms with van der Waals surface area (Å²) in [6, 6.07) is 0. The van der Waals surface area contributed by atoms with Crippen LogP contribution in [0.1, 0.15) is 53.4 Å². The minimum absolute atomic E-state index is 0.733. The molecule has 0 spiro atoms. The van der Waals surface area contributed by atoms with Crippen molar-refractivity contribution in [2.45, 2.75) is 53.4 Å². The van der Waals surface area contributed by atoms with Gasteiger partial charge in [-0.15, -0.1) is 0 Å². The maximum absolute atomic E-state index is 2.54.